The Balaban J connectivity index is 2.71. The minimum Gasteiger partial charge on any atom is -0.480 e. The van der Waals surface area contributed by atoms with Crippen LogP contribution in [-0.2, 0) is 11.3 Å². The van der Waals surface area contributed by atoms with Crippen LogP contribution in [0.15, 0.2) is 18.7 Å². The average Bonchev–Trinajstić information content (AvgIpc) is 2.67. The second-order valence-electron chi connectivity index (χ2n) is 5.40. The van der Waals surface area contributed by atoms with Gasteiger partial charge in [0.15, 0.2) is 0 Å². The number of hydrogen-bond donors (Lipinski definition) is 2. The molecule has 0 bridgehead atoms. The maximum absolute atomic E-state index is 10.9. The molecule has 17 heavy (non-hydrogen) atoms. The number of hydrogen-bond acceptors (Lipinski definition) is 3. The van der Waals surface area contributed by atoms with Crippen LogP contribution in [-0.4, -0.2) is 32.7 Å². The topological polar surface area (TPSA) is 67.2 Å². The van der Waals surface area contributed by atoms with Gasteiger partial charge in [0, 0.05) is 25.0 Å². The molecule has 2 N–H and O–H groups in total. The van der Waals surface area contributed by atoms with Crippen LogP contribution in [0.1, 0.15) is 27.7 Å². The molecule has 2 unspecified atom stereocenters. The molecule has 1 aromatic rings. The minimum atomic E-state index is -0.829. The zero-order valence-corrected chi connectivity index (χ0v) is 10.8. The lowest BCUT2D eigenvalue weighted by atomic mass is 9.86. The summed E-state index contributed by atoms with van der Waals surface area (Å²) in [7, 11) is 0. The van der Waals surface area contributed by atoms with Gasteiger partial charge in [-0.2, -0.15) is 0 Å². The van der Waals surface area contributed by atoms with E-state index in [4.69, 9.17) is 5.11 Å². The monoisotopic (exact) mass is 239 g/mol. The van der Waals surface area contributed by atoms with Crippen molar-refractivity contribution < 1.29 is 9.90 Å². The zero-order valence-electron chi connectivity index (χ0n) is 10.8. The molecule has 1 heterocycles. The summed E-state index contributed by atoms with van der Waals surface area (Å²) in [6.45, 7) is 8.65. The van der Waals surface area contributed by atoms with Crippen LogP contribution < -0.4 is 5.32 Å². The van der Waals surface area contributed by atoms with Crippen LogP contribution >= 0.6 is 0 Å². The van der Waals surface area contributed by atoms with E-state index < -0.39 is 12.0 Å². The predicted octanol–water partition coefficient (Wildman–Crippen LogP) is 1.36. The second-order valence-corrected chi connectivity index (χ2v) is 5.40. The van der Waals surface area contributed by atoms with Gasteiger partial charge in [-0.3, -0.25) is 10.1 Å². The summed E-state index contributed by atoms with van der Waals surface area (Å²) in [5.74, 6) is -0.829. The normalized spacial score (nSPS) is 15.5. The third-order valence-electron chi connectivity index (χ3n) is 2.82. The Morgan fingerprint density at radius 3 is 2.59 bits per heavy atom. The fourth-order valence-electron chi connectivity index (χ4n) is 1.56. The maximum atomic E-state index is 10.9. The van der Waals surface area contributed by atoms with Gasteiger partial charge in [-0.05, 0) is 12.3 Å². The number of carbonyl (C=O) groups is 1. The van der Waals surface area contributed by atoms with Crippen molar-refractivity contribution in [1.82, 2.24) is 14.9 Å². The van der Waals surface area contributed by atoms with Crippen molar-refractivity contribution in [3.63, 3.8) is 0 Å². The van der Waals surface area contributed by atoms with Crippen LogP contribution in [0.4, 0.5) is 0 Å². The lowest BCUT2D eigenvalue weighted by Gasteiger charge is -2.33. The number of carboxylic acids is 1. The first kappa shape index (κ1) is 13.7. The first-order chi connectivity index (χ1) is 7.80. The first-order valence-electron chi connectivity index (χ1n) is 5.75. The van der Waals surface area contributed by atoms with Crippen LogP contribution in [0.2, 0.25) is 0 Å². The number of aromatic nitrogens is 2. The van der Waals surface area contributed by atoms with Crippen molar-refractivity contribution in [1.29, 1.82) is 0 Å². The van der Waals surface area contributed by atoms with Crippen molar-refractivity contribution in [2.24, 2.45) is 5.41 Å². The highest BCUT2D eigenvalue weighted by Crippen LogP contribution is 2.21. The first-order valence-corrected chi connectivity index (χ1v) is 5.75. The van der Waals surface area contributed by atoms with Crippen molar-refractivity contribution in [2.45, 2.75) is 46.3 Å². The Bertz CT molecular complexity index is 354. The fourth-order valence-corrected chi connectivity index (χ4v) is 1.56. The van der Waals surface area contributed by atoms with Gasteiger partial charge < -0.3 is 9.67 Å². The number of rotatable bonds is 5. The standard InChI is InChI=1S/C12H21N3O2/c1-9(11(16)17)14-10(12(2,3)4)7-15-6-5-13-8-15/h5-6,8-10,14H,7H2,1-4H3,(H,16,17). The van der Waals surface area contributed by atoms with E-state index in [2.05, 4.69) is 31.1 Å². The molecule has 5 heteroatoms. The molecule has 2 atom stereocenters. The van der Waals surface area contributed by atoms with E-state index in [-0.39, 0.29) is 11.5 Å². The van der Waals surface area contributed by atoms with Gasteiger partial charge in [-0.15, -0.1) is 0 Å². The molecular formula is C12H21N3O2. The number of imidazole rings is 1. The average molecular weight is 239 g/mol. The molecule has 0 aromatic carbocycles. The zero-order chi connectivity index (χ0) is 13.1. The third-order valence-corrected chi connectivity index (χ3v) is 2.82. The van der Waals surface area contributed by atoms with Gasteiger partial charge in [-0.25, -0.2) is 4.98 Å². The van der Waals surface area contributed by atoms with Gasteiger partial charge in [-0.1, -0.05) is 20.8 Å². The van der Waals surface area contributed by atoms with E-state index in [1.54, 1.807) is 19.4 Å². The largest absolute Gasteiger partial charge is 0.480 e. The Hall–Kier alpha value is -1.36. The van der Waals surface area contributed by atoms with Gasteiger partial charge >= 0.3 is 5.97 Å². The Labute approximate surface area is 102 Å². The molecule has 0 saturated carbocycles. The number of nitrogens with one attached hydrogen (secondary N) is 1. The van der Waals surface area contributed by atoms with E-state index in [1.165, 1.54) is 0 Å². The quantitative estimate of drug-likeness (QED) is 0.814. The Morgan fingerprint density at radius 2 is 2.18 bits per heavy atom. The van der Waals surface area contributed by atoms with Crippen molar-refractivity contribution in [3.05, 3.63) is 18.7 Å². The van der Waals surface area contributed by atoms with Gasteiger partial charge in [0.1, 0.15) is 6.04 Å². The van der Waals surface area contributed by atoms with E-state index >= 15 is 0 Å². The highest BCUT2D eigenvalue weighted by atomic mass is 16.4. The van der Waals surface area contributed by atoms with Crippen LogP contribution in [0, 0.1) is 5.41 Å². The predicted molar refractivity (Wildman–Crippen MR) is 65.7 cm³/mol. The van der Waals surface area contributed by atoms with E-state index in [1.807, 2.05) is 10.8 Å². The molecule has 0 radical (unpaired) electrons. The second kappa shape index (κ2) is 5.31. The lowest BCUT2D eigenvalue weighted by molar-refractivity contribution is -0.139. The summed E-state index contributed by atoms with van der Waals surface area (Å²) in [5.41, 5.74) is -0.0199. The maximum Gasteiger partial charge on any atom is 0.320 e. The van der Waals surface area contributed by atoms with Gasteiger partial charge in [0.2, 0.25) is 0 Å². The fraction of sp³-hybridized carbons (Fsp3) is 0.667. The molecule has 0 saturated heterocycles. The Morgan fingerprint density at radius 1 is 1.53 bits per heavy atom. The molecule has 96 valence electrons. The Kier molecular flexibility index (Phi) is 4.28. The summed E-state index contributed by atoms with van der Waals surface area (Å²) in [4.78, 5) is 14.9. The highest BCUT2D eigenvalue weighted by molar-refractivity contribution is 5.72. The van der Waals surface area contributed by atoms with E-state index in [0.717, 1.165) is 0 Å². The highest BCUT2D eigenvalue weighted by Gasteiger charge is 2.27. The molecule has 1 rings (SSSR count). The smallest absolute Gasteiger partial charge is 0.320 e. The minimum absolute atomic E-state index is 0.0199. The number of aliphatic carboxylic acids is 1. The molecule has 1 aromatic heterocycles. The third kappa shape index (κ3) is 4.19. The molecule has 0 aliphatic carbocycles. The van der Waals surface area contributed by atoms with Gasteiger partial charge in [0.05, 0.1) is 6.33 Å². The SMILES string of the molecule is CC(NC(Cn1ccnc1)C(C)(C)C)C(=O)O. The molecule has 5 nitrogen and oxygen atoms in total. The molecule has 0 amide bonds. The van der Waals surface area contributed by atoms with E-state index in [0.29, 0.717) is 6.54 Å². The molecule has 0 aliphatic heterocycles. The van der Waals surface area contributed by atoms with Crippen LogP contribution in [0.3, 0.4) is 0 Å². The summed E-state index contributed by atoms with van der Waals surface area (Å²) in [6, 6.07) is -0.481. The van der Waals surface area contributed by atoms with E-state index in [9.17, 15) is 4.79 Å². The summed E-state index contributed by atoms with van der Waals surface area (Å²) in [6.07, 6.45) is 5.35. The summed E-state index contributed by atoms with van der Waals surface area (Å²) < 4.78 is 1.96. The van der Waals surface area contributed by atoms with Crippen LogP contribution in [0.25, 0.3) is 0 Å². The lowest BCUT2D eigenvalue weighted by Crippen LogP contribution is -2.49. The van der Waals surface area contributed by atoms with Gasteiger partial charge in [0.25, 0.3) is 0 Å². The van der Waals surface area contributed by atoms with Crippen molar-refractivity contribution >= 4 is 5.97 Å². The van der Waals surface area contributed by atoms with Crippen LogP contribution in [0.5, 0.6) is 0 Å². The molecule has 0 fully saturated rings. The summed E-state index contributed by atoms with van der Waals surface area (Å²) >= 11 is 0. The molecular weight excluding hydrogens is 218 g/mol. The molecule has 0 spiro atoms. The van der Waals surface area contributed by atoms with Crippen molar-refractivity contribution in [2.75, 3.05) is 0 Å². The number of nitrogens with zero attached hydrogens (tertiary/aromatic N) is 2. The number of carboxylic acid groups (broad SMARTS) is 1. The summed E-state index contributed by atoms with van der Waals surface area (Å²) in [5, 5.41) is 12.1. The molecule has 0 aliphatic rings. The van der Waals surface area contributed by atoms with Crippen molar-refractivity contribution in [3.8, 4) is 0 Å².